The van der Waals surface area contributed by atoms with Crippen LogP contribution in [0.2, 0.25) is 0 Å². The van der Waals surface area contributed by atoms with Gasteiger partial charge in [-0.25, -0.2) is 4.79 Å². The van der Waals surface area contributed by atoms with Gasteiger partial charge in [0.15, 0.2) is 5.60 Å². The fourth-order valence-corrected chi connectivity index (χ4v) is 4.30. The van der Waals surface area contributed by atoms with Gasteiger partial charge in [0.25, 0.3) is 0 Å². The summed E-state index contributed by atoms with van der Waals surface area (Å²) in [6.45, 7) is -0.0893. The maximum Gasteiger partial charge on any atom is 0.340 e. The molecule has 3 aromatic rings. The highest BCUT2D eigenvalue weighted by molar-refractivity contribution is 6.03. The molecule has 2 aliphatic rings. The Kier molecular flexibility index (Phi) is 3.59. The van der Waals surface area contributed by atoms with Gasteiger partial charge in [-0.3, -0.25) is 4.79 Å². The third-order valence-corrected chi connectivity index (χ3v) is 5.52. The number of benzene rings is 3. The van der Waals surface area contributed by atoms with E-state index in [1.807, 2.05) is 0 Å². The van der Waals surface area contributed by atoms with Crippen LogP contribution in [0.25, 0.3) is 0 Å². The van der Waals surface area contributed by atoms with Gasteiger partial charge in [0.05, 0.1) is 5.56 Å². The van der Waals surface area contributed by atoms with E-state index in [4.69, 9.17) is 20.9 Å². The molecule has 0 atom stereocenters. The number of phenols is 2. The Bertz CT molecular complexity index is 1220. The number of primary amides is 1. The highest BCUT2D eigenvalue weighted by Gasteiger charge is 2.54. The van der Waals surface area contributed by atoms with Crippen molar-refractivity contribution in [2.45, 2.75) is 12.1 Å². The minimum atomic E-state index is -1.41. The molecule has 6 N–H and O–H groups in total. The van der Waals surface area contributed by atoms with E-state index < -0.39 is 17.5 Å². The summed E-state index contributed by atoms with van der Waals surface area (Å²) in [4.78, 5) is 24.9. The Balaban J connectivity index is 1.90. The third kappa shape index (κ3) is 2.19. The molecule has 0 saturated heterocycles. The Hall–Kier alpha value is -4.04. The predicted molar refractivity (Wildman–Crippen MR) is 104 cm³/mol. The predicted octanol–water partition coefficient (Wildman–Crippen LogP) is 2.22. The van der Waals surface area contributed by atoms with Crippen LogP contribution in [-0.4, -0.2) is 22.1 Å². The zero-order valence-corrected chi connectivity index (χ0v) is 15.5. The van der Waals surface area contributed by atoms with Gasteiger partial charge in [-0.15, -0.1) is 0 Å². The number of nitrogens with two attached hydrogens (primary N) is 2. The van der Waals surface area contributed by atoms with Crippen molar-refractivity contribution in [3.05, 3.63) is 81.9 Å². The van der Waals surface area contributed by atoms with Crippen molar-refractivity contribution in [3.8, 4) is 23.0 Å². The normalized spacial score (nSPS) is 15.0. The lowest BCUT2D eigenvalue weighted by Crippen LogP contribution is -2.33. The fraction of sp³-hybridized carbons (Fsp3) is 0.0909. The Morgan fingerprint density at radius 2 is 1.50 bits per heavy atom. The van der Waals surface area contributed by atoms with Gasteiger partial charge in [0, 0.05) is 40.9 Å². The molecule has 1 spiro atoms. The molecule has 150 valence electrons. The summed E-state index contributed by atoms with van der Waals surface area (Å²) in [5.41, 5.74) is 12.0. The Labute approximate surface area is 170 Å². The second kappa shape index (κ2) is 5.98. The van der Waals surface area contributed by atoms with E-state index in [2.05, 4.69) is 0 Å². The molecule has 0 fully saturated rings. The first-order chi connectivity index (χ1) is 14.4. The van der Waals surface area contributed by atoms with E-state index in [-0.39, 0.29) is 40.7 Å². The Morgan fingerprint density at radius 1 is 0.933 bits per heavy atom. The first kappa shape index (κ1) is 18.0. The van der Waals surface area contributed by atoms with Crippen LogP contribution in [0.1, 0.15) is 43.0 Å². The van der Waals surface area contributed by atoms with E-state index in [1.165, 1.54) is 30.3 Å². The van der Waals surface area contributed by atoms with Crippen molar-refractivity contribution >= 4 is 11.9 Å². The summed E-state index contributed by atoms with van der Waals surface area (Å²) < 4.78 is 11.9. The highest BCUT2D eigenvalue weighted by Crippen LogP contribution is 2.57. The first-order valence-electron chi connectivity index (χ1n) is 9.11. The maximum atomic E-state index is 13.1. The number of hydrogen-bond donors (Lipinski definition) is 4. The van der Waals surface area contributed by atoms with E-state index >= 15 is 0 Å². The quantitative estimate of drug-likeness (QED) is 0.479. The molecule has 2 aliphatic heterocycles. The molecular formula is C22H16N2O6. The summed E-state index contributed by atoms with van der Waals surface area (Å²) in [7, 11) is 0. The van der Waals surface area contributed by atoms with Crippen LogP contribution < -0.4 is 16.2 Å². The van der Waals surface area contributed by atoms with Crippen molar-refractivity contribution in [2.75, 3.05) is 0 Å². The van der Waals surface area contributed by atoms with E-state index in [0.717, 1.165) is 0 Å². The molecule has 1 amide bonds. The number of aromatic hydroxyl groups is 2. The molecule has 0 unspecified atom stereocenters. The van der Waals surface area contributed by atoms with Crippen molar-refractivity contribution < 1.29 is 29.3 Å². The second-order valence-corrected chi connectivity index (χ2v) is 7.12. The smallest absolute Gasteiger partial charge is 0.340 e. The van der Waals surface area contributed by atoms with Crippen molar-refractivity contribution in [1.82, 2.24) is 0 Å². The number of hydrogen-bond acceptors (Lipinski definition) is 7. The van der Waals surface area contributed by atoms with Crippen LogP contribution in [0.5, 0.6) is 23.0 Å². The summed E-state index contributed by atoms with van der Waals surface area (Å²) in [5, 5.41) is 19.9. The molecule has 0 aromatic heterocycles. The van der Waals surface area contributed by atoms with Gasteiger partial charge in [0.2, 0.25) is 5.91 Å². The Morgan fingerprint density at radius 3 is 2.03 bits per heavy atom. The SMILES string of the molecule is NCc1c(C(N)=O)ccc2c1C(=O)OC21c2ccc(O)cc2Oc2cc(O)ccc21. The lowest BCUT2D eigenvalue weighted by atomic mass is 9.76. The number of carbonyl (C=O) groups excluding carboxylic acids is 2. The van der Waals surface area contributed by atoms with Gasteiger partial charge in [-0.05, 0) is 35.9 Å². The zero-order valence-electron chi connectivity index (χ0n) is 15.5. The molecule has 2 heterocycles. The zero-order chi connectivity index (χ0) is 21.2. The maximum absolute atomic E-state index is 13.1. The fourth-order valence-electron chi connectivity index (χ4n) is 4.30. The van der Waals surface area contributed by atoms with Crippen molar-refractivity contribution in [1.29, 1.82) is 0 Å². The molecule has 0 bridgehead atoms. The van der Waals surface area contributed by atoms with Gasteiger partial charge >= 0.3 is 5.97 Å². The number of carbonyl (C=O) groups is 2. The molecule has 30 heavy (non-hydrogen) atoms. The first-order valence-corrected chi connectivity index (χ1v) is 9.11. The van der Waals surface area contributed by atoms with Gasteiger partial charge < -0.3 is 31.2 Å². The van der Waals surface area contributed by atoms with Crippen LogP contribution in [-0.2, 0) is 16.9 Å². The monoisotopic (exact) mass is 404 g/mol. The molecule has 8 nitrogen and oxygen atoms in total. The van der Waals surface area contributed by atoms with E-state index in [9.17, 15) is 19.8 Å². The molecule has 8 heteroatoms. The average molecular weight is 404 g/mol. The summed E-state index contributed by atoms with van der Waals surface area (Å²) in [6.07, 6.45) is 0. The summed E-state index contributed by atoms with van der Waals surface area (Å²) in [5.74, 6) is -0.903. The number of fused-ring (bicyclic) bond motifs is 6. The summed E-state index contributed by atoms with van der Waals surface area (Å²) >= 11 is 0. The van der Waals surface area contributed by atoms with Crippen LogP contribution >= 0.6 is 0 Å². The van der Waals surface area contributed by atoms with Crippen LogP contribution in [0.15, 0.2) is 48.5 Å². The number of esters is 1. The third-order valence-electron chi connectivity index (χ3n) is 5.52. The second-order valence-electron chi connectivity index (χ2n) is 7.12. The van der Waals surface area contributed by atoms with Crippen molar-refractivity contribution in [3.63, 3.8) is 0 Å². The molecule has 0 saturated carbocycles. The molecule has 5 rings (SSSR count). The van der Waals surface area contributed by atoms with Gasteiger partial charge in [-0.2, -0.15) is 0 Å². The molecule has 3 aromatic carbocycles. The number of ether oxygens (including phenoxy) is 2. The van der Waals surface area contributed by atoms with Crippen LogP contribution in [0.4, 0.5) is 0 Å². The standard InChI is InChI=1S/C22H16N2O6/c23-9-13-12(20(24)27)3-6-16-19(13)21(28)30-22(16)14-4-1-10(25)7-17(14)29-18-8-11(26)2-5-15(18)22/h1-8,25-26H,9,23H2,(H2,24,27). The largest absolute Gasteiger partial charge is 0.508 e. The van der Waals surface area contributed by atoms with Gasteiger partial charge in [-0.1, -0.05) is 6.07 Å². The molecular weight excluding hydrogens is 388 g/mol. The minimum Gasteiger partial charge on any atom is -0.508 e. The topological polar surface area (TPSA) is 145 Å². The minimum absolute atomic E-state index is 0.0382. The van der Waals surface area contributed by atoms with Gasteiger partial charge in [0.1, 0.15) is 23.0 Å². The average Bonchev–Trinajstić information content (AvgIpc) is 3.00. The molecule has 0 radical (unpaired) electrons. The summed E-state index contributed by atoms with van der Waals surface area (Å²) in [6, 6.07) is 12.1. The highest BCUT2D eigenvalue weighted by atomic mass is 16.6. The number of phenolic OH excluding ortho intramolecular Hbond substituents is 2. The number of rotatable bonds is 2. The lowest BCUT2D eigenvalue weighted by Gasteiger charge is -2.36. The van der Waals surface area contributed by atoms with E-state index in [1.54, 1.807) is 18.2 Å². The van der Waals surface area contributed by atoms with Crippen LogP contribution in [0.3, 0.4) is 0 Å². The lowest BCUT2D eigenvalue weighted by molar-refractivity contribution is 0.0223. The van der Waals surface area contributed by atoms with E-state index in [0.29, 0.717) is 22.3 Å². The number of amides is 1. The van der Waals surface area contributed by atoms with Crippen molar-refractivity contribution in [2.24, 2.45) is 11.5 Å². The molecule has 0 aliphatic carbocycles. The van der Waals surface area contributed by atoms with Crippen LogP contribution in [0, 0.1) is 0 Å².